The normalized spacial score (nSPS) is 22.0. The van der Waals surface area contributed by atoms with Crippen molar-refractivity contribution in [1.29, 1.82) is 0 Å². The molecule has 0 radical (unpaired) electrons. The van der Waals surface area contributed by atoms with Crippen LogP contribution in [0.3, 0.4) is 0 Å². The largest absolute Gasteiger partial charge is 0.493 e. The van der Waals surface area contributed by atoms with Crippen molar-refractivity contribution in [2.24, 2.45) is 11.7 Å². The van der Waals surface area contributed by atoms with Gasteiger partial charge in [0.05, 0.1) is 6.61 Å². The molecular weight excluding hydrogens is 236 g/mol. The minimum absolute atomic E-state index is 0.374. The van der Waals surface area contributed by atoms with Gasteiger partial charge in [-0.1, -0.05) is 19.1 Å². The minimum Gasteiger partial charge on any atom is -0.493 e. The third-order valence-corrected chi connectivity index (χ3v) is 4.58. The summed E-state index contributed by atoms with van der Waals surface area (Å²) < 4.78 is 5.58. The highest BCUT2D eigenvalue weighted by molar-refractivity contribution is 5.41. The van der Waals surface area contributed by atoms with E-state index in [1.165, 1.54) is 37.1 Å². The van der Waals surface area contributed by atoms with Gasteiger partial charge in [0.15, 0.2) is 0 Å². The average molecular weight is 260 g/mol. The first-order chi connectivity index (χ1) is 9.28. The molecule has 2 heterocycles. The summed E-state index contributed by atoms with van der Waals surface area (Å²) in [4.78, 5) is 2.55. The number of fused-ring (bicyclic) bond motifs is 1. The number of piperidine rings is 1. The van der Waals surface area contributed by atoms with Gasteiger partial charge in [-0.15, -0.1) is 0 Å². The van der Waals surface area contributed by atoms with Crippen LogP contribution in [0.25, 0.3) is 0 Å². The van der Waals surface area contributed by atoms with Gasteiger partial charge in [0.1, 0.15) is 5.75 Å². The summed E-state index contributed by atoms with van der Waals surface area (Å²) in [5.41, 5.74) is 8.75. The molecule has 1 aromatic carbocycles. The molecule has 2 aliphatic rings. The second-order valence-corrected chi connectivity index (χ2v) is 5.94. The summed E-state index contributed by atoms with van der Waals surface area (Å²) in [7, 11) is 0. The molecule has 1 aromatic rings. The lowest BCUT2D eigenvalue weighted by Gasteiger charge is -2.36. The van der Waals surface area contributed by atoms with Crippen LogP contribution in [0.5, 0.6) is 5.75 Å². The van der Waals surface area contributed by atoms with Gasteiger partial charge in [-0.05, 0) is 49.0 Å². The number of benzene rings is 1. The quantitative estimate of drug-likeness (QED) is 0.906. The van der Waals surface area contributed by atoms with E-state index in [1.807, 2.05) is 0 Å². The monoisotopic (exact) mass is 260 g/mol. The first-order valence-corrected chi connectivity index (χ1v) is 7.47. The molecule has 0 unspecified atom stereocenters. The van der Waals surface area contributed by atoms with E-state index >= 15 is 0 Å². The van der Waals surface area contributed by atoms with Gasteiger partial charge < -0.3 is 10.5 Å². The van der Waals surface area contributed by atoms with Crippen molar-refractivity contribution in [2.45, 2.75) is 32.2 Å². The molecule has 0 amide bonds. The molecular formula is C16H24N2O. The fourth-order valence-electron chi connectivity index (χ4n) is 3.25. The number of hydrogen-bond acceptors (Lipinski definition) is 3. The topological polar surface area (TPSA) is 38.5 Å². The molecule has 2 N–H and O–H groups in total. The van der Waals surface area contributed by atoms with Gasteiger partial charge >= 0.3 is 0 Å². The average Bonchev–Trinajstić information content (AvgIpc) is 2.89. The van der Waals surface area contributed by atoms with Gasteiger partial charge in [0, 0.05) is 19.0 Å². The van der Waals surface area contributed by atoms with Gasteiger partial charge in [-0.25, -0.2) is 0 Å². The molecule has 1 saturated heterocycles. The summed E-state index contributed by atoms with van der Waals surface area (Å²) in [6, 6.07) is 6.99. The first kappa shape index (κ1) is 12.9. The summed E-state index contributed by atoms with van der Waals surface area (Å²) in [6.07, 6.45) is 3.63. The zero-order chi connectivity index (χ0) is 13.2. The maximum Gasteiger partial charge on any atom is 0.122 e. The zero-order valence-electron chi connectivity index (χ0n) is 11.8. The van der Waals surface area contributed by atoms with E-state index in [0.717, 1.165) is 24.7 Å². The van der Waals surface area contributed by atoms with E-state index in [9.17, 15) is 0 Å². The zero-order valence-corrected chi connectivity index (χ0v) is 11.8. The van der Waals surface area contributed by atoms with Crippen LogP contribution in [0.4, 0.5) is 0 Å². The van der Waals surface area contributed by atoms with E-state index < -0.39 is 0 Å². The highest BCUT2D eigenvalue weighted by Gasteiger charge is 2.24. The van der Waals surface area contributed by atoms with Crippen LogP contribution in [0.15, 0.2) is 18.2 Å². The molecule has 0 aliphatic carbocycles. The molecule has 0 aromatic heterocycles. The second-order valence-electron chi connectivity index (χ2n) is 5.94. The molecule has 1 atom stereocenters. The van der Waals surface area contributed by atoms with Crippen molar-refractivity contribution in [3.8, 4) is 5.75 Å². The number of ether oxygens (including phenoxy) is 1. The number of rotatable bonds is 3. The smallest absolute Gasteiger partial charge is 0.122 e. The summed E-state index contributed by atoms with van der Waals surface area (Å²) in [5.74, 6) is 1.93. The Bertz CT molecular complexity index is 438. The molecule has 0 saturated carbocycles. The summed E-state index contributed by atoms with van der Waals surface area (Å²) >= 11 is 0. The molecule has 0 bridgehead atoms. The lowest BCUT2D eigenvalue weighted by Crippen LogP contribution is -2.39. The van der Waals surface area contributed by atoms with E-state index in [-0.39, 0.29) is 0 Å². The SMILES string of the molecule is CC1CCN([C@H](CN)c2ccc3c(c2)CCO3)CC1. The highest BCUT2D eigenvalue weighted by Crippen LogP contribution is 2.31. The number of nitrogens with zero attached hydrogens (tertiary/aromatic N) is 1. The molecule has 3 rings (SSSR count). The van der Waals surface area contributed by atoms with Crippen molar-refractivity contribution in [1.82, 2.24) is 4.90 Å². The molecule has 3 nitrogen and oxygen atoms in total. The predicted molar refractivity (Wildman–Crippen MR) is 77.4 cm³/mol. The molecule has 19 heavy (non-hydrogen) atoms. The van der Waals surface area contributed by atoms with E-state index in [0.29, 0.717) is 12.6 Å². The van der Waals surface area contributed by atoms with Crippen LogP contribution >= 0.6 is 0 Å². The third-order valence-electron chi connectivity index (χ3n) is 4.58. The van der Waals surface area contributed by atoms with Crippen LogP contribution in [0.1, 0.15) is 36.9 Å². The standard InChI is InChI=1S/C16H24N2O/c1-12-4-7-18(8-5-12)15(11-17)13-2-3-16-14(10-13)6-9-19-16/h2-3,10,12,15H,4-9,11,17H2,1H3/t15-/m1/s1. The fourth-order valence-corrected chi connectivity index (χ4v) is 3.25. The van der Waals surface area contributed by atoms with Gasteiger partial charge in [-0.2, -0.15) is 0 Å². The number of nitrogens with two attached hydrogens (primary N) is 1. The Morgan fingerprint density at radius 3 is 2.89 bits per heavy atom. The van der Waals surface area contributed by atoms with E-state index in [2.05, 4.69) is 30.0 Å². The predicted octanol–water partition coefficient (Wildman–Crippen LogP) is 2.35. The highest BCUT2D eigenvalue weighted by atomic mass is 16.5. The maximum absolute atomic E-state index is 6.04. The van der Waals surface area contributed by atoms with Gasteiger partial charge in [0.2, 0.25) is 0 Å². The molecule has 0 spiro atoms. The van der Waals surface area contributed by atoms with Crippen LogP contribution < -0.4 is 10.5 Å². The summed E-state index contributed by atoms with van der Waals surface area (Å²) in [5, 5.41) is 0. The first-order valence-electron chi connectivity index (χ1n) is 7.47. The molecule has 2 aliphatic heterocycles. The number of likely N-dealkylation sites (tertiary alicyclic amines) is 1. The Morgan fingerprint density at radius 2 is 2.16 bits per heavy atom. The maximum atomic E-state index is 6.04. The molecule has 104 valence electrons. The second kappa shape index (κ2) is 5.51. The van der Waals surface area contributed by atoms with Crippen molar-refractivity contribution >= 4 is 0 Å². The van der Waals surface area contributed by atoms with Crippen molar-refractivity contribution in [3.63, 3.8) is 0 Å². The Hall–Kier alpha value is -1.06. The Labute approximate surface area is 115 Å². The summed E-state index contributed by atoms with van der Waals surface area (Å²) in [6.45, 7) is 6.23. The molecule has 1 fully saturated rings. The lowest BCUT2D eigenvalue weighted by molar-refractivity contribution is 0.141. The third kappa shape index (κ3) is 2.63. The Balaban J connectivity index is 1.78. The van der Waals surface area contributed by atoms with Crippen molar-refractivity contribution in [3.05, 3.63) is 29.3 Å². The van der Waals surface area contributed by atoms with Crippen molar-refractivity contribution < 1.29 is 4.74 Å². The minimum atomic E-state index is 0.374. The molecule has 3 heteroatoms. The lowest BCUT2D eigenvalue weighted by atomic mass is 9.95. The van der Waals surface area contributed by atoms with E-state index in [1.54, 1.807) is 0 Å². The Kier molecular flexibility index (Phi) is 3.76. The van der Waals surface area contributed by atoms with Crippen LogP contribution in [-0.2, 0) is 6.42 Å². The number of hydrogen-bond donors (Lipinski definition) is 1. The van der Waals surface area contributed by atoms with Crippen LogP contribution in [0.2, 0.25) is 0 Å². The van der Waals surface area contributed by atoms with Gasteiger partial charge in [0.25, 0.3) is 0 Å². The van der Waals surface area contributed by atoms with Crippen molar-refractivity contribution in [2.75, 3.05) is 26.2 Å². The van der Waals surface area contributed by atoms with Crippen LogP contribution in [0, 0.1) is 5.92 Å². The Morgan fingerprint density at radius 1 is 1.37 bits per heavy atom. The van der Waals surface area contributed by atoms with E-state index in [4.69, 9.17) is 10.5 Å². The van der Waals surface area contributed by atoms with Gasteiger partial charge in [-0.3, -0.25) is 4.90 Å². The fraction of sp³-hybridized carbons (Fsp3) is 0.625. The van der Waals surface area contributed by atoms with Crippen LogP contribution in [-0.4, -0.2) is 31.1 Å².